The summed E-state index contributed by atoms with van der Waals surface area (Å²) in [4.78, 5) is 0. The maximum absolute atomic E-state index is 13.7. The van der Waals surface area contributed by atoms with Crippen molar-refractivity contribution in [2.24, 2.45) is 5.84 Å². The largest absolute Gasteiger partial charge is 0.271 e. The van der Waals surface area contributed by atoms with Crippen LogP contribution < -0.4 is 11.3 Å². The van der Waals surface area contributed by atoms with Crippen LogP contribution in [0.2, 0.25) is 5.02 Å². The molecule has 2 rings (SSSR count). The molecular weight excluding hydrogens is 270 g/mol. The Morgan fingerprint density at radius 2 is 1.95 bits per heavy atom. The van der Waals surface area contributed by atoms with Crippen molar-refractivity contribution in [3.8, 4) is 0 Å². The first kappa shape index (κ1) is 13.9. The maximum Gasteiger partial charge on any atom is 0.127 e. The highest BCUT2D eigenvalue weighted by atomic mass is 35.5. The van der Waals surface area contributed by atoms with Gasteiger partial charge in [-0.05, 0) is 41.8 Å². The second-order valence-corrected chi connectivity index (χ2v) is 4.65. The van der Waals surface area contributed by atoms with Gasteiger partial charge in [0.2, 0.25) is 0 Å². The lowest BCUT2D eigenvalue weighted by molar-refractivity contribution is 0.525. The molecule has 5 heteroatoms. The summed E-state index contributed by atoms with van der Waals surface area (Å²) >= 11 is 5.70. The Morgan fingerprint density at radius 1 is 1.16 bits per heavy atom. The van der Waals surface area contributed by atoms with Gasteiger partial charge in [-0.1, -0.05) is 29.8 Å². The zero-order valence-electron chi connectivity index (χ0n) is 10.0. The Labute approximate surface area is 115 Å². The highest BCUT2D eigenvalue weighted by Crippen LogP contribution is 2.22. The molecule has 0 bridgehead atoms. The number of hydrogen-bond acceptors (Lipinski definition) is 2. The minimum Gasteiger partial charge on any atom is -0.271 e. The van der Waals surface area contributed by atoms with E-state index in [0.717, 1.165) is 0 Å². The predicted octanol–water partition coefficient (Wildman–Crippen LogP) is 3.37. The van der Waals surface area contributed by atoms with Crippen LogP contribution in [-0.4, -0.2) is 0 Å². The fraction of sp³-hybridized carbons (Fsp3) is 0.143. The van der Waals surface area contributed by atoms with E-state index in [1.165, 1.54) is 18.2 Å². The summed E-state index contributed by atoms with van der Waals surface area (Å²) in [6.45, 7) is 0. The Kier molecular flexibility index (Phi) is 4.47. The molecule has 0 heterocycles. The van der Waals surface area contributed by atoms with Gasteiger partial charge in [0.1, 0.15) is 11.6 Å². The number of nitrogens with two attached hydrogens (primary N) is 1. The quantitative estimate of drug-likeness (QED) is 0.666. The first-order chi connectivity index (χ1) is 9.10. The molecular formula is C14H13ClF2N2. The van der Waals surface area contributed by atoms with Crippen LogP contribution in [0.4, 0.5) is 8.78 Å². The summed E-state index contributed by atoms with van der Waals surface area (Å²) in [5, 5.41) is 0.337. The van der Waals surface area contributed by atoms with E-state index < -0.39 is 5.82 Å². The SMILES string of the molecule is NNC(Cc1ccc(Cl)cc1F)c1cccc(F)c1. The molecule has 2 aromatic carbocycles. The minimum atomic E-state index is -0.399. The molecule has 1 atom stereocenters. The predicted molar refractivity (Wildman–Crippen MR) is 71.6 cm³/mol. The van der Waals surface area contributed by atoms with Crippen molar-refractivity contribution >= 4 is 11.6 Å². The second-order valence-electron chi connectivity index (χ2n) is 4.21. The van der Waals surface area contributed by atoms with Crippen LogP contribution in [0.1, 0.15) is 17.2 Å². The van der Waals surface area contributed by atoms with Crippen LogP contribution in [-0.2, 0) is 6.42 Å². The van der Waals surface area contributed by atoms with E-state index in [2.05, 4.69) is 5.43 Å². The highest BCUT2D eigenvalue weighted by Gasteiger charge is 2.14. The van der Waals surface area contributed by atoms with E-state index in [1.807, 2.05) is 0 Å². The van der Waals surface area contributed by atoms with Crippen LogP contribution in [0, 0.1) is 11.6 Å². The standard InChI is InChI=1S/C14H13ClF2N2/c15-11-5-4-9(13(17)8-11)7-14(19-18)10-2-1-3-12(16)6-10/h1-6,8,14,19H,7,18H2. The smallest absolute Gasteiger partial charge is 0.127 e. The Hall–Kier alpha value is -1.49. The van der Waals surface area contributed by atoms with Gasteiger partial charge in [0.05, 0.1) is 6.04 Å². The first-order valence-corrected chi connectivity index (χ1v) is 6.13. The minimum absolute atomic E-state index is 0.308. The molecule has 0 aliphatic carbocycles. The number of nitrogens with one attached hydrogen (secondary N) is 1. The zero-order chi connectivity index (χ0) is 13.8. The number of halogens is 3. The summed E-state index contributed by atoms with van der Waals surface area (Å²) in [5.74, 6) is 4.71. The Morgan fingerprint density at radius 3 is 2.58 bits per heavy atom. The van der Waals surface area contributed by atoms with Gasteiger partial charge < -0.3 is 0 Å². The number of benzene rings is 2. The lowest BCUT2D eigenvalue weighted by Gasteiger charge is -2.17. The molecule has 0 radical (unpaired) electrons. The molecule has 0 amide bonds. The van der Waals surface area contributed by atoms with E-state index >= 15 is 0 Å². The molecule has 2 aromatic rings. The Balaban J connectivity index is 2.24. The first-order valence-electron chi connectivity index (χ1n) is 5.75. The molecule has 0 saturated carbocycles. The number of hydrazine groups is 1. The van der Waals surface area contributed by atoms with Gasteiger partial charge in [0.15, 0.2) is 0 Å². The van der Waals surface area contributed by atoms with E-state index in [0.29, 0.717) is 22.6 Å². The summed E-state index contributed by atoms with van der Waals surface area (Å²) < 4.78 is 26.9. The van der Waals surface area contributed by atoms with Crippen molar-refractivity contribution in [1.82, 2.24) is 5.43 Å². The van der Waals surface area contributed by atoms with Gasteiger partial charge >= 0.3 is 0 Å². The van der Waals surface area contributed by atoms with Crippen LogP contribution in [0.5, 0.6) is 0 Å². The van der Waals surface area contributed by atoms with Gasteiger partial charge in [-0.3, -0.25) is 11.3 Å². The summed E-state index contributed by atoms with van der Waals surface area (Å²) in [6.07, 6.45) is 0.308. The van der Waals surface area contributed by atoms with Gasteiger partial charge in [-0.2, -0.15) is 0 Å². The third-order valence-corrected chi connectivity index (χ3v) is 3.13. The fourth-order valence-corrected chi connectivity index (χ4v) is 2.06. The Bertz CT molecular complexity index is 575. The van der Waals surface area contributed by atoms with Crippen molar-refractivity contribution in [1.29, 1.82) is 0 Å². The normalized spacial score (nSPS) is 12.4. The molecule has 100 valence electrons. The maximum atomic E-state index is 13.7. The lowest BCUT2D eigenvalue weighted by Crippen LogP contribution is -2.29. The molecule has 3 N–H and O–H groups in total. The molecule has 0 aliphatic heterocycles. The van der Waals surface area contributed by atoms with Crippen molar-refractivity contribution in [2.75, 3.05) is 0 Å². The van der Waals surface area contributed by atoms with Crippen molar-refractivity contribution in [2.45, 2.75) is 12.5 Å². The van der Waals surface area contributed by atoms with Gasteiger partial charge in [0, 0.05) is 5.02 Å². The summed E-state index contributed by atoms with van der Waals surface area (Å²) in [7, 11) is 0. The molecule has 0 aromatic heterocycles. The van der Waals surface area contributed by atoms with Crippen molar-refractivity contribution in [3.05, 3.63) is 70.2 Å². The van der Waals surface area contributed by atoms with Crippen LogP contribution in [0.3, 0.4) is 0 Å². The second kappa shape index (κ2) is 6.10. The number of hydrogen-bond donors (Lipinski definition) is 2. The number of rotatable bonds is 4. The van der Waals surface area contributed by atoms with E-state index in [-0.39, 0.29) is 11.9 Å². The monoisotopic (exact) mass is 282 g/mol. The van der Waals surface area contributed by atoms with Gasteiger partial charge in [0.25, 0.3) is 0 Å². The third kappa shape index (κ3) is 3.50. The molecule has 2 nitrogen and oxygen atoms in total. The fourth-order valence-electron chi connectivity index (χ4n) is 1.90. The molecule has 0 spiro atoms. The molecule has 0 saturated heterocycles. The van der Waals surface area contributed by atoms with Crippen molar-refractivity contribution in [3.63, 3.8) is 0 Å². The average molecular weight is 283 g/mol. The highest BCUT2D eigenvalue weighted by molar-refractivity contribution is 6.30. The lowest BCUT2D eigenvalue weighted by atomic mass is 9.99. The summed E-state index contributed by atoms with van der Waals surface area (Å²) in [5.41, 5.74) is 3.70. The van der Waals surface area contributed by atoms with E-state index in [4.69, 9.17) is 17.4 Å². The molecule has 1 unspecified atom stereocenters. The van der Waals surface area contributed by atoms with Crippen LogP contribution in [0.25, 0.3) is 0 Å². The van der Waals surface area contributed by atoms with Crippen LogP contribution >= 0.6 is 11.6 Å². The van der Waals surface area contributed by atoms with E-state index in [9.17, 15) is 8.78 Å². The topological polar surface area (TPSA) is 38.0 Å². The van der Waals surface area contributed by atoms with Gasteiger partial charge in [-0.25, -0.2) is 8.78 Å². The third-order valence-electron chi connectivity index (χ3n) is 2.89. The van der Waals surface area contributed by atoms with Gasteiger partial charge in [-0.15, -0.1) is 0 Å². The molecule has 0 aliphatic rings. The molecule has 0 fully saturated rings. The average Bonchev–Trinajstić information content (AvgIpc) is 2.38. The summed E-state index contributed by atoms with van der Waals surface area (Å²) in [6, 6.07) is 10.1. The van der Waals surface area contributed by atoms with E-state index in [1.54, 1.807) is 24.3 Å². The van der Waals surface area contributed by atoms with Crippen molar-refractivity contribution < 1.29 is 8.78 Å². The van der Waals surface area contributed by atoms with Crippen LogP contribution in [0.15, 0.2) is 42.5 Å². The molecule has 19 heavy (non-hydrogen) atoms. The zero-order valence-corrected chi connectivity index (χ0v) is 10.8.